The summed E-state index contributed by atoms with van der Waals surface area (Å²) in [5.74, 6) is 0.163. The van der Waals surface area contributed by atoms with Gasteiger partial charge in [-0.25, -0.2) is 19.6 Å². The first-order valence-electron chi connectivity index (χ1n) is 10.4. The van der Waals surface area contributed by atoms with Crippen LogP contribution < -0.4 is 16.0 Å². The third-order valence-corrected chi connectivity index (χ3v) is 5.22. The minimum Gasteiger partial charge on any atom is -0.450 e. The van der Waals surface area contributed by atoms with Crippen molar-refractivity contribution in [2.75, 3.05) is 22.6 Å². The van der Waals surface area contributed by atoms with Crippen molar-refractivity contribution < 1.29 is 27.5 Å². The maximum atomic E-state index is 13.0. The molecule has 2 aromatic carbocycles. The van der Waals surface area contributed by atoms with Gasteiger partial charge in [0.15, 0.2) is 11.5 Å². The molecule has 0 saturated heterocycles. The van der Waals surface area contributed by atoms with Crippen molar-refractivity contribution in [3.63, 3.8) is 0 Å². The molecule has 0 aliphatic carbocycles. The predicted molar refractivity (Wildman–Crippen MR) is 125 cm³/mol. The zero-order valence-electron chi connectivity index (χ0n) is 18.4. The zero-order chi connectivity index (χ0) is 25.9. The number of azo groups is 1. The predicted octanol–water partition coefficient (Wildman–Crippen LogP) is 6.55. The van der Waals surface area contributed by atoms with Crippen LogP contribution >= 0.6 is 11.6 Å². The van der Waals surface area contributed by atoms with Crippen LogP contribution in [0.1, 0.15) is 29.8 Å². The Kier molecular flexibility index (Phi) is 7.01. The number of rotatable bonds is 5. The van der Waals surface area contributed by atoms with Crippen LogP contribution in [0.4, 0.5) is 45.6 Å². The van der Waals surface area contributed by atoms with E-state index in [-0.39, 0.29) is 18.1 Å². The van der Waals surface area contributed by atoms with Crippen molar-refractivity contribution in [1.82, 2.24) is 9.97 Å². The first-order chi connectivity index (χ1) is 17.2. The molecule has 0 bridgehead atoms. The molecule has 1 aliphatic heterocycles. The molecule has 10 nitrogen and oxygen atoms in total. The second-order valence-electron chi connectivity index (χ2n) is 7.31. The Morgan fingerprint density at radius 1 is 1.03 bits per heavy atom. The van der Waals surface area contributed by atoms with E-state index in [2.05, 4.69) is 36.1 Å². The number of alkyl halides is 3. The van der Waals surface area contributed by atoms with Gasteiger partial charge in [-0.3, -0.25) is 5.32 Å². The van der Waals surface area contributed by atoms with E-state index in [4.69, 9.17) is 16.3 Å². The van der Waals surface area contributed by atoms with Crippen LogP contribution in [0.25, 0.3) is 0 Å². The molecule has 3 aromatic rings. The molecule has 0 radical (unpaired) electrons. The van der Waals surface area contributed by atoms with Crippen LogP contribution in [-0.4, -0.2) is 28.7 Å². The first-order valence-corrected chi connectivity index (χ1v) is 10.8. The van der Waals surface area contributed by atoms with Gasteiger partial charge in [-0.2, -0.15) is 18.3 Å². The van der Waals surface area contributed by atoms with Gasteiger partial charge in [-0.1, -0.05) is 23.7 Å². The number of nitrogens with zero attached hydrogens (tertiary/aromatic N) is 4. The highest BCUT2D eigenvalue weighted by molar-refractivity contribution is 6.31. The van der Waals surface area contributed by atoms with E-state index in [1.807, 2.05) is 0 Å². The van der Waals surface area contributed by atoms with E-state index in [9.17, 15) is 22.8 Å². The van der Waals surface area contributed by atoms with Gasteiger partial charge in [0.25, 0.3) is 0 Å². The van der Waals surface area contributed by atoms with Crippen molar-refractivity contribution in [1.29, 1.82) is 0 Å². The van der Waals surface area contributed by atoms with Gasteiger partial charge in [0.1, 0.15) is 18.1 Å². The molecule has 0 spiro atoms. The first kappa shape index (κ1) is 24.9. The number of amides is 3. The van der Waals surface area contributed by atoms with Gasteiger partial charge in [0.05, 0.1) is 17.2 Å². The standard InChI is InChI=1S/C22H17ClF3N7O3/c1-2-36-21(35)31-19-18-17(27-10-28-19)16(32-33-18)11-3-5-12(6-4-11)29-20(34)30-13-7-8-15(23)14(9-13)22(24,25)26/h3-10,16H,2H2,1H3,(H2,29,30,34)(H,27,28,31,35). The fourth-order valence-corrected chi connectivity index (χ4v) is 3.53. The van der Waals surface area contributed by atoms with Gasteiger partial charge in [-0.05, 0) is 42.8 Å². The Morgan fingerprint density at radius 3 is 2.42 bits per heavy atom. The van der Waals surface area contributed by atoms with Gasteiger partial charge < -0.3 is 15.4 Å². The summed E-state index contributed by atoms with van der Waals surface area (Å²) < 4.78 is 43.9. The monoisotopic (exact) mass is 519 g/mol. The summed E-state index contributed by atoms with van der Waals surface area (Å²) in [5.41, 5.74) is 0.717. The van der Waals surface area contributed by atoms with Crippen molar-refractivity contribution in [3.8, 4) is 0 Å². The minimum absolute atomic E-state index is 0.0734. The molecule has 3 N–H and O–H groups in total. The summed E-state index contributed by atoms with van der Waals surface area (Å²) in [6, 6.07) is 8.29. The van der Waals surface area contributed by atoms with Crippen molar-refractivity contribution >= 4 is 46.6 Å². The van der Waals surface area contributed by atoms with Gasteiger partial charge in [-0.15, -0.1) is 5.11 Å². The highest BCUT2D eigenvalue weighted by Gasteiger charge is 2.33. The average molecular weight is 520 g/mol. The highest BCUT2D eigenvalue weighted by atomic mass is 35.5. The molecule has 4 rings (SSSR count). The number of fused-ring (bicyclic) bond motifs is 1. The number of hydrogen-bond acceptors (Lipinski definition) is 7. The number of benzene rings is 2. The highest BCUT2D eigenvalue weighted by Crippen LogP contribution is 2.42. The Labute approximate surface area is 207 Å². The summed E-state index contributed by atoms with van der Waals surface area (Å²) in [4.78, 5) is 32.2. The van der Waals surface area contributed by atoms with E-state index in [0.717, 1.165) is 12.1 Å². The van der Waals surface area contributed by atoms with Crippen LogP contribution in [0.15, 0.2) is 59.0 Å². The largest absolute Gasteiger partial charge is 0.450 e. The van der Waals surface area contributed by atoms with Crippen molar-refractivity contribution in [2.45, 2.75) is 19.1 Å². The van der Waals surface area contributed by atoms with Crippen LogP contribution in [0.5, 0.6) is 0 Å². The minimum atomic E-state index is -4.65. The maximum absolute atomic E-state index is 13.0. The molecular formula is C22H17ClF3N7O3. The van der Waals surface area contributed by atoms with Gasteiger partial charge >= 0.3 is 18.3 Å². The lowest BCUT2D eigenvalue weighted by molar-refractivity contribution is -0.137. The molecular weight excluding hydrogens is 503 g/mol. The summed E-state index contributed by atoms with van der Waals surface area (Å²) >= 11 is 5.60. The van der Waals surface area contributed by atoms with Crippen LogP contribution in [-0.2, 0) is 10.9 Å². The number of hydrogen-bond donors (Lipinski definition) is 3. The molecule has 1 atom stereocenters. The van der Waals surface area contributed by atoms with Crippen LogP contribution in [0.3, 0.4) is 0 Å². The number of carbonyl (C=O) groups is 2. The van der Waals surface area contributed by atoms with E-state index < -0.39 is 34.9 Å². The Morgan fingerprint density at radius 2 is 1.72 bits per heavy atom. The van der Waals surface area contributed by atoms with Crippen LogP contribution in [0, 0.1) is 0 Å². The Balaban J connectivity index is 1.43. The third-order valence-electron chi connectivity index (χ3n) is 4.89. The molecule has 186 valence electrons. The fraction of sp³-hybridized carbons (Fsp3) is 0.182. The van der Waals surface area contributed by atoms with E-state index >= 15 is 0 Å². The lowest BCUT2D eigenvalue weighted by Crippen LogP contribution is -2.20. The van der Waals surface area contributed by atoms with Gasteiger partial charge in [0.2, 0.25) is 0 Å². The number of anilines is 3. The molecule has 3 amide bonds. The summed E-state index contributed by atoms with van der Waals surface area (Å²) in [6.45, 7) is 1.86. The van der Waals surface area contributed by atoms with Crippen LogP contribution in [0.2, 0.25) is 5.02 Å². The second kappa shape index (κ2) is 10.2. The summed E-state index contributed by atoms with van der Waals surface area (Å²) in [7, 11) is 0. The second-order valence-corrected chi connectivity index (χ2v) is 7.72. The molecule has 36 heavy (non-hydrogen) atoms. The summed E-state index contributed by atoms with van der Waals surface area (Å²) in [6.07, 6.45) is -4.07. The quantitative estimate of drug-likeness (QED) is 0.352. The maximum Gasteiger partial charge on any atom is 0.417 e. The SMILES string of the molecule is CCOC(=O)Nc1ncnc2c1N=NC2c1ccc(NC(=O)Nc2ccc(Cl)c(C(F)(F)F)c2)cc1. The van der Waals surface area contributed by atoms with E-state index in [1.165, 1.54) is 12.4 Å². The number of aromatic nitrogens is 2. The number of nitrogens with one attached hydrogen (secondary N) is 3. The number of urea groups is 1. The number of ether oxygens (including phenoxy) is 1. The lowest BCUT2D eigenvalue weighted by atomic mass is 10.0. The summed E-state index contributed by atoms with van der Waals surface area (Å²) in [5, 5.41) is 15.2. The Hall–Kier alpha value is -4.26. The topological polar surface area (TPSA) is 130 Å². The molecule has 0 saturated carbocycles. The molecule has 0 fully saturated rings. The lowest BCUT2D eigenvalue weighted by Gasteiger charge is -2.13. The van der Waals surface area contributed by atoms with Gasteiger partial charge in [0, 0.05) is 11.4 Å². The molecule has 14 heteroatoms. The molecule has 2 heterocycles. The van der Waals surface area contributed by atoms with Crippen molar-refractivity contribution in [2.24, 2.45) is 10.2 Å². The smallest absolute Gasteiger partial charge is 0.417 e. The van der Waals surface area contributed by atoms with Crippen molar-refractivity contribution in [3.05, 3.63) is 70.6 Å². The normalized spacial score (nSPS) is 14.2. The Bertz CT molecular complexity index is 1330. The number of carbonyl (C=O) groups excluding carboxylic acids is 2. The number of halogens is 4. The fourth-order valence-electron chi connectivity index (χ4n) is 3.30. The van der Waals surface area contributed by atoms with E-state index in [0.29, 0.717) is 22.6 Å². The molecule has 1 aromatic heterocycles. The zero-order valence-corrected chi connectivity index (χ0v) is 19.2. The molecule has 1 unspecified atom stereocenters. The molecule has 1 aliphatic rings. The third kappa shape index (κ3) is 5.51. The van der Waals surface area contributed by atoms with E-state index in [1.54, 1.807) is 31.2 Å². The average Bonchev–Trinajstić information content (AvgIpc) is 3.25.